The predicted molar refractivity (Wildman–Crippen MR) is 162 cm³/mol. The SMILES string of the molecule is CCNc1cc(C(=O)NC(Cc2ccccc2)C(O)CNC2(C(C)C)CCC2)cc(N2CCCCS2(O)O)c1. The van der Waals surface area contributed by atoms with E-state index in [1.807, 2.05) is 43.3 Å². The van der Waals surface area contributed by atoms with E-state index in [9.17, 15) is 19.0 Å². The summed E-state index contributed by atoms with van der Waals surface area (Å²) < 4.78 is 23.1. The number of carbonyl (C=O) groups excluding carboxylic acids is 1. The Bertz CT molecular complexity index is 1090. The first-order valence-electron chi connectivity index (χ1n) is 14.3. The summed E-state index contributed by atoms with van der Waals surface area (Å²) in [7, 11) is -2.93. The van der Waals surface area contributed by atoms with E-state index in [1.165, 1.54) is 6.42 Å². The Morgan fingerprint density at radius 3 is 2.44 bits per heavy atom. The largest absolute Gasteiger partial charge is 0.390 e. The lowest BCUT2D eigenvalue weighted by molar-refractivity contribution is 0.0654. The van der Waals surface area contributed by atoms with Gasteiger partial charge in [-0.3, -0.25) is 18.2 Å². The molecule has 2 unspecified atom stereocenters. The van der Waals surface area contributed by atoms with Gasteiger partial charge in [0.1, 0.15) is 0 Å². The number of hydrogen-bond donors (Lipinski definition) is 6. The molecule has 1 saturated carbocycles. The third-order valence-electron chi connectivity index (χ3n) is 8.32. The van der Waals surface area contributed by atoms with Gasteiger partial charge in [-0.05, 0) is 75.1 Å². The molecule has 2 fully saturated rings. The standard InChI is InChI=1S/C30H46N4O4S/c1-4-31-25-18-24(19-26(20-25)34-15-8-9-16-39(34,37)38)29(36)33-27(17-23-11-6-5-7-12-23)28(35)21-32-30(22(2)3)13-10-14-30/h5-7,11-12,18-20,22,27-28,31-32,35,37-38H,4,8-10,13-17,21H2,1-3H3,(H,33,36). The molecule has 0 bridgehead atoms. The number of aliphatic hydroxyl groups is 1. The number of amides is 1. The molecule has 2 atom stereocenters. The van der Waals surface area contributed by atoms with Crippen LogP contribution in [0.3, 0.4) is 0 Å². The van der Waals surface area contributed by atoms with Gasteiger partial charge in [-0.2, -0.15) is 0 Å². The van der Waals surface area contributed by atoms with E-state index in [0.717, 1.165) is 36.9 Å². The summed E-state index contributed by atoms with van der Waals surface area (Å²) in [6.07, 6.45) is 4.74. The van der Waals surface area contributed by atoms with Crippen LogP contribution in [0.25, 0.3) is 0 Å². The maximum absolute atomic E-state index is 13.7. The first-order chi connectivity index (χ1) is 18.6. The van der Waals surface area contributed by atoms with Crippen LogP contribution in [-0.2, 0) is 6.42 Å². The Balaban J connectivity index is 1.56. The van der Waals surface area contributed by atoms with Crippen LogP contribution in [0.1, 0.15) is 68.8 Å². The molecule has 8 nitrogen and oxygen atoms in total. The number of carbonyl (C=O) groups is 1. The number of nitrogens with zero attached hydrogens (tertiary/aromatic N) is 1. The zero-order valence-electron chi connectivity index (χ0n) is 23.5. The molecule has 9 heteroatoms. The van der Waals surface area contributed by atoms with Gasteiger partial charge < -0.3 is 21.1 Å². The second-order valence-corrected chi connectivity index (χ2v) is 13.4. The molecule has 216 valence electrons. The van der Waals surface area contributed by atoms with Gasteiger partial charge in [-0.15, -0.1) is 10.8 Å². The molecule has 1 heterocycles. The molecule has 1 saturated heterocycles. The van der Waals surface area contributed by atoms with E-state index in [-0.39, 0.29) is 11.4 Å². The third-order valence-corrected chi connectivity index (χ3v) is 10.3. The van der Waals surface area contributed by atoms with Crippen LogP contribution in [0, 0.1) is 5.92 Å². The molecule has 39 heavy (non-hydrogen) atoms. The first kappa shape index (κ1) is 29.7. The molecule has 1 aliphatic carbocycles. The molecule has 2 aliphatic rings. The van der Waals surface area contributed by atoms with Crippen molar-refractivity contribution in [1.29, 1.82) is 0 Å². The van der Waals surface area contributed by atoms with Crippen molar-refractivity contribution in [3.8, 4) is 0 Å². The minimum Gasteiger partial charge on any atom is -0.390 e. The molecule has 4 rings (SSSR count). The molecule has 1 amide bonds. The topological polar surface area (TPSA) is 117 Å². The smallest absolute Gasteiger partial charge is 0.251 e. The fraction of sp³-hybridized carbons (Fsp3) is 0.567. The van der Waals surface area contributed by atoms with Gasteiger partial charge in [0.2, 0.25) is 0 Å². The van der Waals surface area contributed by atoms with Crippen LogP contribution in [0.5, 0.6) is 0 Å². The van der Waals surface area contributed by atoms with Gasteiger partial charge in [-0.1, -0.05) is 44.2 Å². The van der Waals surface area contributed by atoms with Crippen LogP contribution in [0.15, 0.2) is 48.5 Å². The summed E-state index contributed by atoms with van der Waals surface area (Å²) in [6, 6.07) is 14.8. The van der Waals surface area contributed by atoms with E-state index in [0.29, 0.717) is 49.0 Å². The number of β-amino-alcohol motifs (C(OH)–C–C–N with tert-alkyl or cyclic N) is 1. The van der Waals surface area contributed by atoms with Crippen LogP contribution in [0.4, 0.5) is 11.4 Å². The monoisotopic (exact) mass is 558 g/mol. The molecule has 6 N–H and O–H groups in total. The van der Waals surface area contributed by atoms with Crippen LogP contribution >= 0.6 is 10.8 Å². The fourth-order valence-electron chi connectivity index (χ4n) is 5.67. The lowest BCUT2D eigenvalue weighted by Gasteiger charge is -2.47. The molecule has 2 aromatic rings. The number of nitrogens with one attached hydrogen (secondary N) is 3. The van der Waals surface area contributed by atoms with Gasteiger partial charge >= 0.3 is 0 Å². The lowest BCUT2D eigenvalue weighted by atomic mass is 9.69. The third kappa shape index (κ3) is 7.27. The highest BCUT2D eigenvalue weighted by Gasteiger charge is 2.40. The quantitative estimate of drug-likeness (QED) is 0.211. The van der Waals surface area contributed by atoms with Crippen molar-refractivity contribution in [3.05, 3.63) is 59.7 Å². The summed E-state index contributed by atoms with van der Waals surface area (Å²) in [5, 5.41) is 21.3. The molecule has 1 aliphatic heterocycles. The average molecular weight is 559 g/mol. The van der Waals surface area contributed by atoms with E-state index < -0.39 is 22.9 Å². The summed E-state index contributed by atoms with van der Waals surface area (Å²) in [5.41, 5.74) is 2.86. The molecular formula is C30H46N4O4S. The maximum atomic E-state index is 13.7. The number of rotatable bonds is 12. The van der Waals surface area contributed by atoms with Crippen molar-refractivity contribution in [1.82, 2.24) is 10.6 Å². The number of benzene rings is 2. The predicted octanol–water partition coefficient (Wildman–Crippen LogP) is 5.25. The molecule has 2 aromatic carbocycles. The van der Waals surface area contributed by atoms with Crippen molar-refractivity contribution in [2.24, 2.45) is 5.92 Å². The molecule has 0 radical (unpaired) electrons. The fourth-order valence-corrected chi connectivity index (χ4v) is 7.34. The second kappa shape index (κ2) is 12.9. The van der Waals surface area contributed by atoms with Gasteiger partial charge in [-0.25, -0.2) is 0 Å². The number of hydrogen-bond acceptors (Lipinski definition) is 7. The minimum atomic E-state index is -2.93. The van der Waals surface area contributed by atoms with E-state index in [2.05, 4.69) is 29.8 Å². The summed E-state index contributed by atoms with van der Waals surface area (Å²) in [4.78, 5) is 13.7. The van der Waals surface area contributed by atoms with Crippen molar-refractivity contribution in [2.45, 2.75) is 77.0 Å². The molecular weight excluding hydrogens is 512 g/mol. The normalized spacial score (nSPS) is 20.5. The maximum Gasteiger partial charge on any atom is 0.251 e. The minimum absolute atomic E-state index is 0.0508. The van der Waals surface area contributed by atoms with Crippen LogP contribution < -0.4 is 20.3 Å². The van der Waals surface area contributed by atoms with Gasteiger partial charge in [0.05, 0.1) is 23.6 Å². The zero-order valence-corrected chi connectivity index (χ0v) is 24.3. The van der Waals surface area contributed by atoms with Crippen molar-refractivity contribution < 1.29 is 19.0 Å². The lowest BCUT2D eigenvalue weighted by Crippen LogP contribution is -2.59. The van der Waals surface area contributed by atoms with Crippen molar-refractivity contribution >= 4 is 28.1 Å². The van der Waals surface area contributed by atoms with Crippen molar-refractivity contribution in [3.63, 3.8) is 0 Å². The van der Waals surface area contributed by atoms with Crippen LogP contribution in [-0.4, -0.2) is 63.2 Å². The highest BCUT2D eigenvalue weighted by atomic mass is 32.3. The highest BCUT2D eigenvalue weighted by molar-refractivity contribution is 8.25. The molecule has 0 spiro atoms. The Kier molecular flexibility index (Phi) is 9.82. The Labute approximate surface area is 235 Å². The first-order valence-corrected chi connectivity index (χ1v) is 16.0. The Morgan fingerprint density at radius 1 is 1.08 bits per heavy atom. The van der Waals surface area contributed by atoms with Gasteiger partial charge in [0, 0.05) is 36.4 Å². The van der Waals surface area contributed by atoms with Gasteiger partial charge in [0.15, 0.2) is 0 Å². The summed E-state index contributed by atoms with van der Waals surface area (Å²) >= 11 is 0. The van der Waals surface area contributed by atoms with Gasteiger partial charge in [0.25, 0.3) is 5.91 Å². The Hall–Kier alpha value is -2.30. The number of aliphatic hydroxyl groups excluding tert-OH is 1. The van der Waals surface area contributed by atoms with E-state index >= 15 is 0 Å². The summed E-state index contributed by atoms with van der Waals surface area (Å²) in [5.74, 6) is 0.498. The van der Waals surface area contributed by atoms with E-state index in [1.54, 1.807) is 16.4 Å². The number of anilines is 2. The Morgan fingerprint density at radius 2 is 1.82 bits per heavy atom. The summed E-state index contributed by atoms with van der Waals surface area (Å²) in [6.45, 7) is 8.00. The average Bonchev–Trinajstić information content (AvgIpc) is 2.87. The van der Waals surface area contributed by atoms with Crippen LogP contribution in [0.2, 0.25) is 0 Å². The molecule has 0 aromatic heterocycles. The second-order valence-electron chi connectivity index (χ2n) is 11.3. The van der Waals surface area contributed by atoms with Crippen molar-refractivity contribution in [2.75, 3.05) is 35.0 Å². The highest BCUT2D eigenvalue weighted by Crippen LogP contribution is 2.50. The zero-order chi connectivity index (χ0) is 28.0. The van der Waals surface area contributed by atoms with E-state index in [4.69, 9.17) is 0 Å².